The summed E-state index contributed by atoms with van der Waals surface area (Å²) < 4.78 is 10.5. The molecule has 0 spiro atoms. The van der Waals surface area contributed by atoms with Crippen molar-refractivity contribution < 1.29 is 14.3 Å². The molecule has 1 aliphatic rings. The molecular formula is C16H18N2O3S. The summed E-state index contributed by atoms with van der Waals surface area (Å²) in [4.78, 5) is 18.0. The molecule has 3 rings (SSSR count). The molecule has 2 heterocycles. The second-order valence-electron chi connectivity index (χ2n) is 5.04. The van der Waals surface area contributed by atoms with Gasteiger partial charge in [0.05, 0.1) is 10.7 Å². The van der Waals surface area contributed by atoms with Crippen LogP contribution >= 0.6 is 11.3 Å². The molecule has 116 valence electrons. The van der Waals surface area contributed by atoms with Gasteiger partial charge in [-0.05, 0) is 31.5 Å². The largest absolute Gasteiger partial charge is 0.454 e. The van der Waals surface area contributed by atoms with Gasteiger partial charge in [-0.1, -0.05) is 6.92 Å². The van der Waals surface area contributed by atoms with Crippen molar-refractivity contribution in [2.45, 2.75) is 26.7 Å². The number of aromatic nitrogens is 1. The van der Waals surface area contributed by atoms with Gasteiger partial charge < -0.3 is 14.8 Å². The predicted octanol–water partition coefficient (Wildman–Crippen LogP) is 2.72. The van der Waals surface area contributed by atoms with E-state index in [1.54, 1.807) is 29.5 Å². The fraction of sp³-hybridized carbons (Fsp3) is 0.375. The van der Waals surface area contributed by atoms with Crippen molar-refractivity contribution in [2.24, 2.45) is 0 Å². The van der Waals surface area contributed by atoms with E-state index in [2.05, 4.69) is 24.1 Å². The second kappa shape index (κ2) is 6.36. The molecular weight excluding hydrogens is 300 g/mol. The lowest BCUT2D eigenvalue weighted by Gasteiger charge is -2.05. The van der Waals surface area contributed by atoms with Gasteiger partial charge in [-0.15, -0.1) is 11.3 Å². The monoisotopic (exact) mass is 318 g/mol. The van der Waals surface area contributed by atoms with E-state index in [0.29, 0.717) is 23.6 Å². The first-order valence-electron chi connectivity index (χ1n) is 7.30. The van der Waals surface area contributed by atoms with Gasteiger partial charge in [0.25, 0.3) is 5.91 Å². The Kier molecular flexibility index (Phi) is 4.29. The number of ether oxygens (including phenoxy) is 2. The van der Waals surface area contributed by atoms with E-state index in [1.807, 2.05) is 0 Å². The number of thiazole rings is 1. The van der Waals surface area contributed by atoms with Crippen molar-refractivity contribution in [2.75, 3.05) is 13.3 Å². The van der Waals surface area contributed by atoms with Gasteiger partial charge in [0.15, 0.2) is 11.5 Å². The van der Waals surface area contributed by atoms with Crippen molar-refractivity contribution in [1.29, 1.82) is 0 Å². The molecule has 1 N–H and O–H groups in total. The first kappa shape index (κ1) is 14.8. The number of aryl methyl sites for hydroxylation is 2. The number of nitrogens with one attached hydrogen (secondary N) is 1. The summed E-state index contributed by atoms with van der Waals surface area (Å²) in [6.07, 6.45) is 1.70. The summed E-state index contributed by atoms with van der Waals surface area (Å²) in [5, 5.41) is 3.99. The van der Waals surface area contributed by atoms with Crippen molar-refractivity contribution in [3.8, 4) is 11.5 Å². The minimum atomic E-state index is -0.109. The third-order valence-corrected chi connectivity index (χ3v) is 4.60. The molecule has 0 aliphatic carbocycles. The molecule has 0 fully saturated rings. The second-order valence-corrected chi connectivity index (χ2v) is 6.33. The molecule has 0 saturated carbocycles. The van der Waals surface area contributed by atoms with E-state index in [4.69, 9.17) is 9.47 Å². The number of hydrogen-bond acceptors (Lipinski definition) is 5. The number of rotatable bonds is 5. The lowest BCUT2D eigenvalue weighted by Crippen LogP contribution is -2.25. The summed E-state index contributed by atoms with van der Waals surface area (Å²) in [7, 11) is 0. The average Bonchev–Trinajstić information content (AvgIpc) is 3.12. The van der Waals surface area contributed by atoms with Crippen LogP contribution in [0.5, 0.6) is 11.5 Å². The molecule has 0 saturated heterocycles. The van der Waals surface area contributed by atoms with Crippen LogP contribution in [-0.4, -0.2) is 24.2 Å². The molecule has 0 unspecified atom stereocenters. The number of benzene rings is 1. The molecule has 1 aliphatic heterocycles. The van der Waals surface area contributed by atoms with Crippen LogP contribution in [-0.2, 0) is 12.8 Å². The van der Waals surface area contributed by atoms with E-state index < -0.39 is 0 Å². The maximum absolute atomic E-state index is 12.1. The summed E-state index contributed by atoms with van der Waals surface area (Å²) in [6, 6.07) is 5.21. The molecule has 0 radical (unpaired) electrons. The number of fused-ring (bicyclic) bond motifs is 1. The van der Waals surface area contributed by atoms with Gasteiger partial charge in [0.1, 0.15) is 0 Å². The van der Waals surface area contributed by atoms with Gasteiger partial charge in [0.2, 0.25) is 6.79 Å². The van der Waals surface area contributed by atoms with Crippen LogP contribution in [0.2, 0.25) is 0 Å². The smallest absolute Gasteiger partial charge is 0.251 e. The van der Waals surface area contributed by atoms with Gasteiger partial charge in [-0.2, -0.15) is 0 Å². The van der Waals surface area contributed by atoms with Gasteiger partial charge in [-0.25, -0.2) is 4.98 Å². The SMILES string of the molecule is CCc1nc(CCNC(=O)c2ccc3c(c2)OCO3)sc1C. The van der Waals surface area contributed by atoms with Crippen LogP contribution < -0.4 is 14.8 Å². The molecule has 0 atom stereocenters. The van der Waals surface area contributed by atoms with Crippen LogP contribution in [0.3, 0.4) is 0 Å². The number of carbonyl (C=O) groups is 1. The third-order valence-electron chi connectivity index (χ3n) is 3.53. The predicted molar refractivity (Wildman–Crippen MR) is 84.8 cm³/mol. The quantitative estimate of drug-likeness (QED) is 0.921. The van der Waals surface area contributed by atoms with E-state index >= 15 is 0 Å². The summed E-state index contributed by atoms with van der Waals surface area (Å²) in [5.41, 5.74) is 1.73. The Hall–Kier alpha value is -2.08. The highest BCUT2D eigenvalue weighted by atomic mass is 32.1. The topological polar surface area (TPSA) is 60.5 Å². The normalized spacial score (nSPS) is 12.5. The fourth-order valence-electron chi connectivity index (χ4n) is 2.35. The minimum absolute atomic E-state index is 0.109. The number of hydrogen-bond donors (Lipinski definition) is 1. The Morgan fingerprint density at radius 2 is 2.18 bits per heavy atom. The van der Waals surface area contributed by atoms with Crippen molar-refractivity contribution in [3.05, 3.63) is 39.3 Å². The average molecular weight is 318 g/mol. The van der Waals surface area contributed by atoms with E-state index in [0.717, 1.165) is 23.5 Å². The number of carbonyl (C=O) groups excluding carboxylic acids is 1. The first-order chi connectivity index (χ1) is 10.7. The van der Waals surface area contributed by atoms with Crippen LogP contribution in [0.1, 0.15) is 32.9 Å². The Morgan fingerprint density at radius 1 is 1.36 bits per heavy atom. The minimum Gasteiger partial charge on any atom is -0.454 e. The van der Waals surface area contributed by atoms with Gasteiger partial charge >= 0.3 is 0 Å². The molecule has 0 bridgehead atoms. The highest BCUT2D eigenvalue weighted by Crippen LogP contribution is 2.32. The first-order valence-corrected chi connectivity index (χ1v) is 8.12. The van der Waals surface area contributed by atoms with Crippen LogP contribution in [0.15, 0.2) is 18.2 Å². The highest BCUT2D eigenvalue weighted by Gasteiger charge is 2.16. The highest BCUT2D eigenvalue weighted by molar-refractivity contribution is 7.11. The van der Waals surface area contributed by atoms with Gasteiger partial charge in [0, 0.05) is 23.4 Å². The maximum atomic E-state index is 12.1. The number of amides is 1. The van der Waals surface area contributed by atoms with Crippen molar-refractivity contribution >= 4 is 17.2 Å². The van der Waals surface area contributed by atoms with Gasteiger partial charge in [-0.3, -0.25) is 4.79 Å². The molecule has 22 heavy (non-hydrogen) atoms. The zero-order valence-corrected chi connectivity index (χ0v) is 13.5. The van der Waals surface area contributed by atoms with Crippen LogP contribution in [0.25, 0.3) is 0 Å². The zero-order chi connectivity index (χ0) is 15.5. The molecule has 1 amide bonds. The maximum Gasteiger partial charge on any atom is 0.251 e. The summed E-state index contributed by atoms with van der Waals surface area (Å²) in [5.74, 6) is 1.19. The van der Waals surface area contributed by atoms with Crippen LogP contribution in [0, 0.1) is 6.92 Å². The molecule has 5 nitrogen and oxygen atoms in total. The molecule has 6 heteroatoms. The third kappa shape index (κ3) is 3.06. The molecule has 2 aromatic rings. The lowest BCUT2D eigenvalue weighted by atomic mass is 10.2. The zero-order valence-electron chi connectivity index (χ0n) is 12.6. The summed E-state index contributed by atoms with van der Waals surface area (Å²) in [6.45, 7) is 4.98. The fourth-order valence-corrected chi connectivity index (χ4v) is 3.37. The summed E-state index contributed by atoms with van der Waals surface area (Å²) >= 11 is 1.70. The van der Waals surface area contributed by atoms with Crippen molar-refractivity contribution in [1.82, 2.24) is 10.3 Å². The Morgan fingerprint density at radius 3 is 2.95 bits per heavy atom. The molecule has 1 aromatic heterocycles. The Labute approximate surface area is 133 Å². The van der Waals surface area contributed by atoms with E-state index in [1.165, 1.54) is 4.88 Å². The standard InChI is InChI=1S/C16H18N2O3S/c1-3-12-10(2)22-15(18-12)6-7-17-16(19)11-4-5-13-14(8-11)21-9-20-13/h4-5,8H,3,6-7,9H2,1-2H3,(H,17,19). The van der Waals surface area contributed by atoms with E-state index in [-0.39, 0.29) is 12.7 Å². The molecule has 1 aromatic carbocycles. The van der Waals surface area contributed by atoms with E-state index in [9.17, 15) is 4.79 Å². The van der Waals surface area contributed by atoms with Crippen molar-refractivity contribution in [3.63, 3.8) is 0 Å². The Balaban J connectivity index is 1.56. The number of nitrogens with zero attached hydrogens (tertiary/aromatic N) is 1. The van der Waals surface area contributed by atoms with Crippen LogP contribution in [0.4, 0.5) is 0 Å². The Bertz CT molecular complexity index is 697. The lowest BCUT2D eigenvalue weighted by molar-refractivity contribution is 0.0953.